The molecule has 0 aliphatic carbocycles. The lowest BCUT2D eigenvalue weighted by atomic mass is 9.96. The van der Waals surface area contributed by atoms with E-state index in [2.05, 4.69) is 10.6 Å². The number of benzene rings is 1. The van der Waals surface area contributed by atoms with E-state index in [1.807, 2.05) is 38.2 Å². The lowest BCUT2D eigenvalue weighted by molar-refractivity contribution is -0.121. The number of halogens is 1. The molecule has 0 radical (unpaired) electrons. The molecule has 1 unspecified atom stereocenters. The minimum Gasteiger partial charge on any atom is -0.496 e. The Kier molecular flexibility index (Phi) is 9.86. The monoisotopic (exact) mass is 300 g/mol. The summed E-state index contributed by atoms with van der Waals surface area (Å²) in [6.45, 7) is 3.69. The van der Waals surface area contributed by atoms with E-state index in [1.54, 1.807) is 7.11 Å². The molecule has 114 valence electrons. The van der Waals surface area contributed by atoms with Crippen LogP contribution in [0.5, 0.6) is 5.75 Å². The molecule has 1 aromatic carbocycles. The summed E-state index contributed by atoms with van der Waals surface area (Å²) in [4.78, 5) is 11.8. The van der Waals surface area contributed by atoms with Gasteiger partial charge in [-0.25, -0.2) is 0 Å². The van der Waals surface area contributed by atoms with Gasteiger partial charge in [-0.3, -0.25) is 4.79 Å². The largest absolute Gasteiger partial charge is 0.496 e. The maximum atomic E-state index is 11.8. The van der Waals surface area contributed by atoms with Gasteiger partial charge in [0.2, 0.25) is 5.91 Å². The van der Waals surface area contributed by atoms with Gasteiger partial charge in [-0.15, -0.1) is 12.4 Å². The first kappa shape index (κ1) is 18.7. The summed E-state index contributed by atoms with van der Waals surface area (Å²) >= 11 is 0. The molecule has 0 aliphatic heterocycles. The van der Waals surface area contributed by atoms with Crippen LogP contribution in [0.1, 0.15) is 31.2 Å². The second-order valence-corrected chi connectivity index (χ2v) is 4.65. The van der Waals surface area contributed by atoms with Gasteiger partial charge in [0, 0.05) is 13.0 Å². The van der Waals surface area contributed by atoms with Crippen molar-refractivity contribution in [2.45, 2.75) is 25.7 Å². The fraction of sp³-hybridized carbons (Fsp3) is 0.533. The molecule has 4 nitrogen and oxygen atoms in total. The molecule has 0 heterocycles. The van der Waals surface area contributed by atoms with E-state index < -0.39 is 0 Å². The average molecular weight is 301 g/mol. The van der Waals surface area contributed by atoms with Gasteiger partial charge in [0.05, 0.1) is 7.11 Å². The normalized spacial score (nSPS) is 11.3. The van der Waals surface area contributed by atoms with Crippen LogP contribution in [0.4, 0.5) is 0 Å². The summed E-state index contributed by atoms with van der Waals surface area (Å²) in [7, 11) is 3.56. The number of amides is 1. The highest BCUT2D eigenvalue weighted by molar-refractivity contribution is 5.85. The second kappa shape index (κ2) is 10.5. The van der Waals surface area contributed by atoms with Crippen LogP contribution in [0.2, 0.25) is 0 Å². The van der Waals surface area contributed by atoms with Gasteiger partial charge in [-0.2, -0.15) is 0 Å². The Labute approximate surface area is 127 Å². The summed E-state index contributed by atoms with van der Waals surface area (Å²) in [6.07, 6.45) is 1.44. The molecule has 1 atom stereocenters. The fourth-order valence-corrected chi connectivity index (χ4v) is 2.03. The standard InChI is InChI=1S/C15H24N2O2.ClH/c1-12(11-15(18)17-10-6-9-16-2)13-7-4-5-8-14(13)19-3;/h4-5,7-8,12,16H,6,9-11H2,1-3H3,(H,17,18);1H. The van der Waals surface area contributed by atoms with Crippen molar-refractivity contribution in [1.29, 1.82) is 0 Å². The van der Waals surface area contributed by atoms with Crippen molar-refractivity contribution in [2.75, 3.05) is 27.2 Å². The van der Waals surface area contributed by atoms with Crippen molar-refractivity contribution < 1.29 is 9.53 Å². The van der Waals surface area contributed by atoms with Gasteiger partial charge >= 0.3 is 0 Å². The van der Waals surface area contributed by atoms with Gasteiger partial charge in [0.25, 0.3) is 0 Å². The molecular weight excluding hydrogens is 276 g/mol. The number of nitrogens with one attached hydrogen (secondary N) is 2. The summed E-state index contributed by atoms with van der Waals surface area (Å²) in [5, 5.41) is 5.99. The van der Waals surface area contributed by atoms with Gasteiger partial charge in [0.1, 0.15) is 5.75 Å². The Hall–Kier alpha value is -1.26. The smallest absolute Gasteiger partial charge is 0.220 e. The first-order valence-electron chi connectivity index (χ1n) is 6.73. The van der Waals surface area contributed by atoms with E-state index in [-0.39, 0.29) is 24.2 Å². The molecule has 0 aliphatic rings. The molecule has 0 saturated heterocycles. The van der Waals surface area contributed by atoms with E-state index in [0.717, 1.165) is 30.8 Å². The van der Waals surface area contributed by atoms with Crippen LogP contribution in [0.3, 0.4) is 0 Å². The van der Waals surface area contributed by atoms with Gasteiger partial charge in [-0.1, -0.05) is 25.1 Å². The third-order valence-corrected chi connectivity index (χ3v) is 3.09. The second-order valence-electron chi connectivity index (χ2n) is 4.65. The molecule has 1 amide bonds. The molecular formula is C15H25ClN2O2. The molecule has 0 spiro atoms. The molecule has 1 aromatic rings. The summed E-state index contributed by atoms with van der Waals surface area (Å²) in [5.41, 5.74) is 1.08. The quantitative estimate of drug-likeness (QED) is 0.725. The summed E-state index contributed by atoms with van der Waals surface area (Å²) in [6, 6.07) is 7.85. The Morgan fingerprint density at radius 1 is 1.30 bits per heavy atom. The topological polar surface area (TPSA) is 50.4 Å². The first-order chi connectivity index (χ1) is 9.19. The Morgan fingerprint density at radius 2 is 2.00 bits per heavy atom. The van der Waals surface area contributed by atoms with E-state index in [1.165, 1.54) is 0 Å². The number of carbonyl (C=O) groups excluding carboxylic acids is 1. The van der Waals surface area contributed by atoms with E-state index in [9.17, 15) is 4.79 Å². The van der Waals surface area contributed by atoms with E-state index in [0.29, 0.717) is 6.42 Å². The van der Waals surface area contributed by atoms with Gasteiger partial charge in [-0.05, 0) is 37.6 Å². The predicted octanol–water partition coefficient (Wildman–Crippen LogP) is 2.34. The summed E-state index contributed by atoms with van der Waals surface area (Å²) in [5.74, 6) is 1.09. The molecule has 20 heavy (non-hydrogen) atoms. The molecule has 2 N–H and O–H groups in total. The van der Waals surface area contributed by atoms with Crippen LogP contribution in [0.15, 0.2) is 24.3 Å². The fourth-order valence-electron chi connectivity index (χ4n) is 2.03. The van der Waals surface area contributed by atoms with Crippen LogP contribution in [0, 0.1) is 0 Å². The van der Waals surface area contributed by atoms with E-state index in [4.69, 9.17) is 4.74 Å². The summed E-state index contributed by atoms with van der Waals surface area (Å²) < 4.78 is 5.32. The molecule has 0 aromatic heterocycles. The van der Waals surface area contributed by atoms with Crippen molar-refractivity contribution in [3.63, 3.8) is 0 Å². The Morgan fingerprint density at radius 3 is 2.65 bits per heavy atom. The Balaban J connectivity index is 0.00000361. The third kappa shape index (κ3) is 6.26. The van der Waals surface area contributed by atoms with Crippen molar-refractivity contribution in [3.05, 3.63) is 29.8 Å². The van der Waals surface area contributed by atoms with Crippen molar-refractivity contribution in [3.8, 4) is 5.75 Å². The van der Waals surface area contributed by atoms with Crippen molar-refractivity contribution >= 4 is 18.3 Å². The zero-order valence-corrected chi connectivity index (χ0v) is 13.3. The van der Waals surface area contributed by atoms with Crippen LogP contribution in [0.25, 0.3) is 0 Å². The minimum atomic E-state index is 0. The van der Waals surface area contributed by atoms with Crippen LogP contribution in [-0.2, 0) is 4.79 Å². The highest BCUT2D eigenvalue weighted by atomic mass is 35.5. The van der Waals surface area contributed by atoms with Crippen molar-refractivity contribution in [2.24, 2.45) is 0 Å². The molecule has 5 heteroatoms. The first-order valence-corrected chi connectivity index (χ1v) is 6.73. The SMILES string of the molecule is CNCCCNC(=O)CC(C)c1ccccc1OC.Cl. The zero-order valence-electron chi connectivity index (χ0n) is 12.4. The average Bonchev–Trinajstić information content (AvgIpc) is 2.43. The van der Waals surface area contributed by atoms with Crippen LogP contribution < -0.4 is 15.4 Å². The molecule has 0 bridgehead atoms. The number of hydrogen-bond donors (Lipinski definition) is 2. The van der Waals surface area contributed by atoms with Gasteiger partial charge in [0.15, 0.2) is 0 Å². The molecule has 0 saturated carbocycles. The number of para-hydroxylation sites is 1. The number of ether oxygens (including phenoxy) is 1. The number of carbonyl (C=O) groups is 1. The highest BCUT2D eigenvalue weighted by Crippen LogP contribution is 2.28. The lowest BCUT2D eigenvalue weighted by Crippen LogP contribution is -2.27. The molecule has 1 rings (SSSR count). The molecule has 0 fully saturated rings. The van der Waals surface area contributed by atoms with Crippen LogP contribution in [-0.4, -0.2) is 33.2 Å². The number of methoxy groups -OCH3 is 1. The van der Waals surface area contributed by atoms with E-state index >= 15 is 0 Å². The van der Waals surface area contributed by atoms with Crippen LogP contribution >= 0.6 is 12.4 Å². The third-order valence-electron chi connectivity index (χ3n) is 3.09. The van der Waals surface area contributed by atoms with Crippen molar-refractivity contribution in [1.82, 2.24) is 10.6 Å². The lowest BCUT2D eigenvalue weighted by Gasteiger charge is -2.15. The Bertz CT molecular complexity index is 399. The maximum absolute atomic E-state index is 11.8. The van der Waals surface area contributed by atoms with Gasteiger partial charge < -0.3 is 15.4 Å². The minimum absolute atomic E-state index is 0. The zero-order chi connectivity index (χ0) is 14.1. The maximum Gasteiger partial charge on any atom is 0.220 e. The number of hydrogen-bond acceptors (Lipinski definition) is 3. The highest BCUT2D eigenvalue weighted by Gasteiger charge is 2.14. The number of rotatable bonds is 8. The predicted molar refractivity (Wildman–Crippen MR) is 84.8 cm³/mol.